The van der Waals surface area contributed by atoms with Crippen molar-refractivity contribution in [1.82, 2.24) is 4.98 Å². The van der Waals surface area contributed by atoms with Gasteiger partial charge < -0.3 is 16.2 Å². The van der Waals surface area contributed by atoms with E-state index in [1.165, 1.54) is 0 Å². The van der Waals surface area contributed by atoms with E-state index in [1.54, 1.807) is 18.3 Å². The van der Waals surface area contributed by atoms with Crippen LogP contribution in [0.4, 0.5) is 5.82 Å². The van der Waals surface area contributed by atoms with Crippen molar-refractivity contribution in [3.63, 3.8) is 0 Å². The van der Waals surface area contributed by atoms with Crippen molar-refractivity contribution >= 4 is 17.7 Å². The zero-order chi connectivity index (χ0) is 14.5. The Hall–Kier alpha value is -2.11. The van der Waals surface area contributed by atoms with Crippen LogP contribution >= 0.6 is 0 Å². The molecule has 0 aliphatic heterocycles. The zero-order valence-electron chi connectivity index (χ0n) is 11.2. The molecule has 0 aromatic carbocycles. The number of nitrogens with zero attached hydrogens (tertiary/aromatic N) is 1. The van der Waals surface area contributed by atoms with Gasteiger partial charge in [0, 0.05) is 12.2 Å². The molecule has 6 heteroatoms. The normalized spacial score (nSPS) is 22.8. The molecule has 1 fully saturated rings. The lowest BCUT2D eigenvalue weighted by Crippen LogP contribution is -2.34. The Morgan fingerprint density at radius 2 is 2.05 bits per heavy atom. The lowest BCUT2D eigenvalue weighted by molar-refractivity contribution is -0.142. The van der Waals surface area contributed by atoms with Gasteiger partial charge >= 0.3 is 5.97 Å². The largest absolute Gasteiger partial charge is 0.481 e. The highest BCUT2D eigenvalue weighted by Crippen LogP contribution is 2.27. The highest BCUT2D eigenvalue weighted by atomic mass is 16.4. The van der Waals surface area contributed by atoms with Crippen LogP contribution in [0.1, 0.15) is 42.5 Å². The Morgan fingerprint density at radius 3 is 2.75 bits per heavy atom. The Labute approximate surface area is 117 Å². The number of hydrogen-bond acceptors (Lipinski definition) is 4. The van der Waals surface area contributed by atoms with Crippen molar-refractivity contribution in [2.24, 2.45) is 11.7 Å². The summed E-state index contributed by atoms with van der Waals surface area (Å²) in [6.45, 7) is 0. The monoisotopic (exact) mass is 277 g/mol. The second-order valence-corrected chi connectivity index (χ2v) is 5.10. The van der Waals surface area contributed by atoms with Crippen LogP contribution in [0, 0.1) is 5.92 Å². The van der Waals surface area contributed by atoms with Crippen molar-refractivity contribution in [2.75, 3.05) is 5.32 Å². The summed E-state index contributed by atoms with van der Waals surface area (Å²) in [5.41, 5.74) is 5.60. The summed E-state index contributed by atoms with van der Waals surface area (Å²) in [5, 5.41) is 12.4. The van der Waals surface area contributed by atoms with E-state index in [1.807, 2.05) is 0 Å². The van der Waals surface area contributed by atoms with Crippen molar-refractivity contribution in [2.45, 2.75) is 38.1 Å². The highest BCUT2D eigenvalue weighted by molar-refractivity contribution is 5.97. The molecule has 1 heterocycles. The quantitative estimate of drug-likeness (QED) is 0.725. The highest BCUT2D eigenvalue weighted by Gasteiger charge is 2.30. The third kappa shape index (κ3) is 3.26. The molecule has 0 radical (unpaired) electrons. The molecule has 108 valence electrons. The molecule has 1 aromatic heterocycles. The second kappa shape index (κ2) is 6.36. The van der Waals surface area contributed by atoms with Gasteiger partial charge in [0.2, 0.25) is 0 Å². The summed E-state index contributed by atoms with van der Waals surface area (Å²) in [6.07, 6.45) is 5.88. The average molecular weight is 277 g/mol. The Balaban J connectivity index is 2.22. The zero-order valence-corrected chi connectivity index (χ0v) is 11.2. The lowest BCUT2D eigenvalue weighted by atomic mass is 9.94. The third-order valence-electron chi connectivity index (χ3n) is 3.73. The minimum Gasteiger partial charge on any atom is -0.481 e. The number of amides is 1. The number of carboxylic acid groups (broad SMARTS) is 1. The Morgan fingerprint density at radius 1 is 1.30 bits per heavy atom. The van der Waals surface area contributed by atoms with Crippen molar-refractivity contribution in [3.05, 3.63) is 23.9 Å². The smallest absolute Gasteiger partial charge is 0.308 e. The van der Waals surface area contributed by atoms with E-state index < -0.39 is 17.8 Å². The minimum absolute atomic E-state index is 0.219. The molecule has 2 unspecified atom stereocenters. The predicted molar refractivity (Wildman–Crippen MR) is 74.4 cm³/mol. The van der Waals surface area contributed by atoms with Gasteiger partial charge in [0.1, 0.15) is 5.82 Å². The number of rotatable bonds is 4. The molecular weight excluding hydrogens is 258 g/mol. The summed E-state index contributed by atoms with van der Waals surface area (Å²) in [6, 6.07) is 3.00. The molecule has 0 bridgehead atoms. The van der Waals surface area contributed by atoms with Gasteiger partial charge in [-0.1, -0.05) is 19.3 Å². The average Bonchev–Trinajstić information content (AvgIpc) is 2.64. The molecule has 1 aromatic rings. The third-order valence-corrected chi connectivity index (χ3v) is 3.73. The maximum Gasteiger partial charge on any atom is 0.308 e. The van der Waals surface area contributed by atoms with Crippen LogP contribution in [0.3, 0.4) is 0 Å². The number of hydrogen-bond donors (Lipinski definition) is 3. The maximum absolute atomic E-state index is 11.4. The summed E-state index contributed by atoms with van der Waals surface area (Å²) < 4.78 is 0. The number of nitrogens with one attached hydrogen (secondary N) is 1. The fraction of sp³-hybridized carbons (Fsp3) is 0.500. The second-order valence-electron chi connectivity index (χ2n) is 5.10. The molecule has 20 heavy (non-hydrogen) atoms. The fourth-order valence-electron chi connectivity index (χ4n) is 2.67. The van der Waals surface area contributed by atoms with Gasteiger partial charge in [0.15, 0.2) is 0 Å². The van der Waals surface area contributed by atoms with Crippen LogP contribution in [0.2, 0.25) is 0 Å². The van der Waals surface area contributed by atoms with Crippen molar-refractivity contribution < 1.29 is 14.7 Å². The first-order valence-electron chi connectivity index (χ1n) is 6.83. The van der Waals surface area contributed by atoms with Crippen molar-refractivity contribution in [1.29, 1.82) is 0 Å². The van der Waals surface area contributed by atoms with Crippen LogP contribution < -0.4 is 11.1 Å². The number of carbonyl (C=O) groups is 2. The van der Waals surface area contributed by atoms with E-state index >= 15 is 0 Å². The van der Waals surface area contributed by atoms with Crippen LogP contribution in [-0.2, 0) is 4.79 Å². The topological polar surface area (TPSA) is 105 Å². The first-order valence-corrected chi connectivity index (χ1v) is 6.83. The first-order chi connectivity index (χ1) is 9.59. The van der Waals surface area contributed by atoms with E-state index in [0.717, 1.165) is 25.7 Å². The molecule has 6 nitrogen and oxygen atoms in total. The molecule has 1 aliphatic carbocycles. The lowest BCUT2D eigenvalue weighted by Gasteiger charge is -2.24. The summed E-state index contributed by atoms with van der Waals surface area (Å²) in [5.74, 6) is -1.46. The predicted octanol–water partition coefficient (Wildman–Crippen LogP) is 1.63. The van der Waals surface area contributed by atoms with Gasteiger partial charge in [-0.15, -0.1) is 0 Å². The van der Waals surface area contributed by atoms with Gasteiger partial charge in [-0.3, -0.25) is 9.59 Å². The SMILES string of the molecule is NC(=O)c1cccnc1NC1CCCCCC1C(=O)O. The van der Waals surface area contributed by atoms with Crippen LogP contribution in [0.25, 0.3) is 0 Å². The van der Waals surface area contributed by atoms with Crippen LogP contribution in [0.15, 0.2) is 18.3 Å². The van der Waals surface area contributed by atoms with Crippen molar-refractivity contribution in [3.8, 4) is 0 Å². The molecule has 1 amide bonds. The molecule has 0 saturated heterocycles. The minimum atomic E-state index is -0.805. The van der Waals surface area contributed by atoms with E-state index in [2.05, 4.69) is 10.3 Å². The molecule has 0 spiro atoms. The van der Waals surface area contributed by atoms with Gasteiger partial charge in [-0.2, -0.15) is 0 Å². The molecular formula is C14H19N3O3. The summed E-state index contributed by atoms with van der Waals surface area (Å²) in [4.78, 5) is 26.9. The van der Waals surface area contributed by atoms with Gasteiger partial charge in [-0.05, 0) is 25.0 Å². The van der Waals surface area contributed by atoms with E-state index in [9.17, 15) is 14.7 Å². The van der Waals surface area contributed by atoms with Crippen LogP contribution in [0.5, 0.6) is 0 Å². The van der Waals surface area contributed by atoms with E-state index in [-0.39, 0.29) is 6.04 Å². The number of carbonyl (C=O) groups excluding carboxylic acids is 1. The Bertz CT molecular complexity index is 504. The van der Waals surface area contributed by atoms with Gasteiger partial charge in [0.05, 0.1) is 11.5 Å². The number of carboxylic acids is 1. The molecule has 4 N–H and O–H groups in total. The number of nitrogens with two attached hydrogens (primary N) is 1. The van der Waals surface area contributed by atoms with E-state index in [0.29, 0.717) is 17.8 Å². The number of pyridine rings is 1. The summed E-state index contributed by atoms with van der Waals surface area (Å²) >= 11 is 0. The molecule has 1 saturated carbocycles. The fourth-order valence-corrected chi connectivity index (χ4v) is 2.67. The number of aliphatic carboxylic acids is 1. The number of anilines is 1. The summed E-state index contributed by atoms with van der Waals surface area (Å²) in [7, 11) is 0. The maximum atomic E-state index is 11.4. The van der Waals surface area contributed by atoms with Gasteiger partial charge in [-0.25, -0.2) is 4.98 Å². The van der Waals surface area contributed by atoms with Gasteiger partial charge in [0.25, 0.3) is 5.91 Å². The van der Waals surface area contributed by atoms with Crippen LogP contribution in [-0.4, -0.2) is 28.0 Å². The molecule has 2 atom stereocenters. The Kier molecular flexibility index (Phi) is 4.55. The standard InChI is InChI=1S/C14H19N3O3/c15-12(18)10-6-4-8-16-13(10)17-11-7-3-1-2-5-9(11)14(19)20/h4,6,8-9,11H,1-3,5,7H2,(H2,15,18)(H,16,17)(H,19,20). The first kappa shape index (κ1) is 14.3. The molecule has 2 rings (SSSR count). The molecule has 1 aliphatic rings. The number of aromatic nitrogens is 1. The number of primary amides is 1. The van der Waals surface area contributed by atoms with E-state index in [4.69, 9.17) is 5.73 Å².